The summed E-state index contributed by atoms with van der Waals surface area (Å²) in [5.74, 6) is 1.40. The average molecular weight is 355 g/mol. The van der Waals surface area contributed by atoms with Gasteiger partial charge in [0.1, 0.15) is 12.3 Å². The number of rotatable bonds is 5. The molecule has 0 aliphatic carbocycles. The number of hydrogen-bond donors (Lipinski definition) is 0. The summed E-state index contributed by atoms with van der Waals surface area (Å²) in [6.45, 7) is 6.25. The third kappa shape index (κ3) is 4.31. The van der Waals surface area contributed by atoms with Gasteiger partial charge < -0.3 is 9.64 Å². The number of carbonyl (C=O) groups excluding carboxylic acids is 1. The van der Waals surface area contributed by atoms with Gasteiger partial charge in [-0.1, -0.05) is 6.92 Å². The second-order valence-electron chi connectivity index (χ2n) is 6.74. The van der Waals surface area contributed by atoms with E-state index in [2.05, 4.69) is 12.0 Å². The van der Waals surface area contributed by atoms with Gasteiger partial charge in [-0.25, -0.2) is 4.68 Å². The molecule has 1 amide bonds. The van der Waals surface area contributed by atoms with Crippen molar-refractivity contribution in [3.8, 4) is 17.0 Å². The van der Waals surface area contributed by atoms with Gasteiger partial charge >= 0.3 is 0 Å². The second kappa shape index (κ2) is 8.17. The van der Waals surface area contributed by atoms with E-state index in [4.69, 9.17) is 4.74 Å². The largest absolute Gasteiger partial charge is 0.494 e. The van der Waals surface area contributed by atoms with Crippen LogP contribution in [0.4, 0.5) is 0 Å². The van der Waals surface area contributed by atoms with Crippen molar-refractivity contribution < 1.29 is 9.53 Å². The Hall–Kier alpha value is -2.63. The minimum atomic E-state index is -0.265. The van der Waals surface area contributed by atoms with Crippen LogP contribution >= 0.6 is 0 Å². The maximum atomic E-state index is 12.5. The molecule has 0 radical (unpaired) electrons. The lowest BCUT2D eigenvalue weighted by molar-refractivity contribution is -0.133. The van der Waals surface area contributed by atoms with E-state index in [0.717, 1.165) is 37.2 Å². The van der Waals surface area contributed by atoms with E-state index in [-0.39, 0.29) is 18.0 Å². The molecule has 1 aliphatic rings. The Morgan fingerprint density at radius 3 is 2.50 bits per heavy atom. The van der Waals surface area contributed by atoms with E-state index in [1.807, 2.05) is 36.1 Å². The number of aromatic nitrogens is 2. The van der Waals surface area contributed by atoms with Gasteiger partial charge in [0, 0.05) is 24.7 Å². The van der Waals surface area contributed by atoms with Crippen molar-refractivity contribution >= 4 is 5.91 Å². The predicted molar refractivity (Wildman–Crippen MR) is 100 cm³/mol. The number of hydrogen-bond acceptors (Lipinski definition) is 4. The molecule has 0 N–H and O–H groups in total. The number of piperidine rings is 1. The van der Waals surface area contributed by atoms with Crippen molar-refractivity contribution in [2.75, 3.05) is 19.7 Å². The minimum Gasteiger partial charge on any atom is -0.494 e. The van der Waals surface area contributed by atoms with E-state index in [0.29, 0.717) is 18.2 Å². The molecule has 0 saturated carbocycles. The van der Waals surface area contributed by atoms with Crippen LogP contribution in [0.15, 0.2) is 41.2 Å². The maximum absolute atomic E-state index is 12.5. The zero-order chi connectivity index (χ0) is 18.5. The molecule has 3 rings (SSSR count). The standard InChI is InChI=1S/C20H25N3O3/c1-3-26-17-6-4-16(5-7-17)18-8-9-19(24)23(21-18)14-20(25)22-12-10-15(2)11-13-22/h4-9,15H,3,10-14H2,1-2H3. The predicted octanol–water partition coefficient (Wildman–Crippen LogP) is 2.57. The lowest BCUT2D eigenvalue weighted by atomic mass is 9.99. The molecule has 6 nitrogen and oxygen atoms in total. The summed E-state index contributed by atoms with van der Waals surface area (Å²) in [5.41, 5.74) is 1.27. The molecule has 0 spiro atoms. The highest BCUT2D eigenvalue weighted by Crippen LogP contribution is 2.20. The summed E-state index contributed by atoms with van der Waals surface area (Å²) in [7, 11) is 0. The van der Waals surface area contributed by atoms with Crippen molar-refractivity contribution in [2.45, 2.75) is 33.2 Å². The first-order chi connectivity index (χ1) is 12.6. The highest BCUT2D eigenvalue weighted by Gasteiger charge is 2.21. The summed E-state index contributed by atoms with van der Waals surface area (Å²) in [6, 6.07) is 10.7. The number of benzene rings is 1. The van der Waals surface area contributed by atoms with Crippen molar-refractivity contribution in [1.82, 2.24) is 14.7 Å². The van der Waals surface area contributed by atoms with Gasteiger partial charge in [-0.3, -0.25) is 9.59 Å². The molecular weight excluding hydrogens is 330 g/mol. The molecule has 2 heterocycles. The average Bonchev–Trinajstić information content (AvgIpc) is 2.65. The third-order valence-corrected chi connectivity index (χ3v) is 4.75. The van der Waals surface area contributed by atoms with Gasteiger partial charge in [0.2, 0.25) is 5.91 Å². The van der Waals surface area contributed by atoms with E-state index in [9.17, 15) is 9.59 Å². The van der Waals surface area contributed by atoms with E-state index in [1.165, 1.54) is 10.7 Å². The van der Waals surface area contributed by atoms with Crippen LogP contribution in [0.1, 0.15) is 26.7 Å². The van der Waals surface area contributed by atoms with Crippen LogP contribution in [0.25, 0.3) is 11.3 Å². The Labute approximate surface area is 153 Å². The van der Waals surface area contributed by atoms with Crippen LogP contribution in [-0.2, 0) is 11.3 Å². The molecule has 1 aromatic carbocycles. The highest BCUT2D eigenvalue weighted by atomic mass is 16.5. The van der Waals surface area contributed by atoms with Crippen LogP contribution in [0.2, 0.25) is 0 Å². The molecule has 2 aromatic rings. The van der Waals surface area contributed by atoms with E-state index in [1.54, 1.807) is 6.07 Å². The zero-order valence-corrected chi connectivity index (χ0v) is 15.4. The Bertz CT molecular complexity index is 806. The third-order valence-electron chi connectivity index (χ3n) is 4.75. The van der Waals surface area contributed by atoms with Gasteiger partial charge in [0.05, 0.1) is 12.3 Å². The lowest BCUT2D eigenvalue weighted by Gasteiger charge is -2.30. The Morgan fingerprint density at radius 2 is 1.85 bits per heavy atom. The molecule has 0 unspecified atom stereocenters. The summed E-state index contributed by atoms with van der Waals surface area (Å²) in [5, 5.41) is 4.38. The van der Waals surface area contributed by atoms with Crippen molar-refractivity contribution in [1.29, 1.82) is 0 Å². The topological polar surface area (TPSA) is 64.4 Å². The highest BCUT2D eigenvalue weighted by molar-refractivity contribution is 5.76. The lowest BCUT2D eigenvalue weighted by Crippen LogP contribution is -2.41. The minimum absolute atomic E-state index is 0.0158. The summed E-state index contributed by atoms with van der Waals surface area (Å²) in [6.07, 6.45) is 2.03. The van der Waals surface area contributed by atoms with Crippen LogP contribution in [0.3, 0.4) is 0 Å². The van der Waals surface area contributed by atoms with Crippen LogP contribution < -0.4 is 10.3 Å². The van der Waals surface area contributed by atoms with Gasteiger partial charge in [-0.2, -0.15) is 5.10 Å². The van der Waals surface area contributed by atoms with Crippen molar-refractivity contribution in [3.63, 3.8) is 0 Å². The normalized spacial score (nSPS) is 15.1. The quantitative estimate of drug-likeness (QED) is 0.827. The van der Waals surface area contributed by atoms with Crippen LogP contribution in [0, 0.1) is 5.92 Å². The van der Waals surface area contributed by atoms with E-state index < -0.39 is 0 Å². The molecule has 6 heteroatoms. The molecule has 0 atom stereocenters. The number of ether oxygens (including phenoxy) is 1. The Morgan fingerprint density at radius 1 is 1.15 bits per heavy atom. The van der Waals surface area contributed by atoms with Crippen LogP contribution in [-0.4, -0.2) is 40.3 Å². The van der Waals surface area contributed by atoms with Crippen molar-refractivity contribution in [3.05, 3.63) is 46.8 Å². The first-order valence-corrected chi connectivity index (χ1v) is 9.16. The molecule has 138 valence electrons. The zero-order valence-electron chi connectivity index (χ0n) is 15.4. The molecule has 1 aliphatic heterocycles. The first kappa shape index (κ1) is 18.2. The molecule has 0 bridgehead atoms. The van der Waals surface area contributed by atoms with Gasteiger partial charge in [-0.05, 0) is 56.0 Å². The maximum Gasteiger partial charge on any atom is 0.267 e. The van der Waals surface area contributed by atoms with Gasteiger partial charge in [-0.15, -0.1) is 0 Å². The molecule has 1 saturated heterocycles. The summed E-state index contributed by atoms with van der Waals surface area (Å²) >= 11 is 0. The monoisotopic (exact) mass is 355 g/mol. The Kier molecular flexibility index (Phi) is 5.71. The fourth-order valence-corrected chi connectivity index (χ4v) is 3.09. The number of amides is 1. The van der Waals surface area contributed by atoms with Crippen molar-refractivity contribution in [2.24, 2.45) is 5.92 Å². The molecule has 26 heavy (non-hydrogen) atoms. The van der Waals surface area contributed by atoms with Gasteiger partial charge in [0.15, 0.2) is 0 Å². The molecule has 1 fully saturated rings. The number of likely N-dealkylation sites (tertiary alicyclic amines) is 1. The smallest absolute Gasteiger partial charge is 0.267 e. The molecule has 1 aromatic heterocycles. The Balaban J connectivity index is 1.75. The fourth-order valence-electron chi connectivity index (χ4n) is 3.09. The second-order valence-corrected chi connectivity index (χ2v) is 6.74. The van der Waals surface area contributed by atoms with Gasteiger partial charge in [0.25, 0.3) is 5.56 Å². The summed E-state index contributed by atoms with van der Waals surface area (Å²) < 4.78 is 6.70. The molecular formula is C20H25N3O3. The number of nitrogens with zero attached hydrogens (tertiary/aromatic N) is 3. The SMILES string of the molecule is CCOc1ccc(-c2ccc(=O)n(CC(=O)N3CCC(C)CC3)n2)cc1. The first-order valence-electron chi connectivity index (χ1n) is 9.16. The van der Waals surface area contributed by atoms with E-state index >= 15 is 0 Å². The van der Waals surface area contributed by atoms with Crippen LogP contribution in [0.5, 0.6) is 5.75 Å². The fraction of sp³-hybridized carbons (Fsp3) is 0.450. The number of carbonyl (C=O) groups is 1. The summed E-state index contributed by atoms with van der Waals surface area (Å²) in [4.78, 5) is 26.5.